The van der Waals surface area contributed by atoms with Gasteiger partial charge in [0.15, 0.2) is 5.96 Å². The lowest BCUT2D eigenvalue weighted by atomic mass is 9.97. The number of hydrogen-bond acceptors (Lipinski definition) is 2. The van der Waals surface area contributed by atoms with Gasteiger partial charge in [-0.2, -0.15) is 0 Å². The summed E-state index contributed by atoms with van der Waals surface area (Å²) in [6, 6.07) is 13.5. The minimum atomic E-state index is 0.0199. The number of benzene rings is 1. The van der Waals surface area contributed by atoms with Crippen LogP contribution in [0, 0.1) is 0 Å². The topological polar surface area (TPSA) is 58.4 Å². The molecule has 5 nitrogen and oxygen atoms in total. The zero-order valence-corrected chi connectivity index (χ0v) is 17.4. The van der Waals surface area contributed by atoms with Crippen LogP contribution >= 0.6 is 0 Å². The average molecular weight is 393 g/mol. The molecule has 1 aliphatic carbocycles. The van der Waals surface area contributed by atoms with Crippen molar-refractivity contribution in [2.45, 2.75) is 52.1 Å². The van der Waals surface area contributed by atoms with Crippen molar-refractivity contribution in [3.05, 3.63) is 81.8 Å². The van der Waals surface area contributed by atoms with Crippen LogP contribution in [0.1, 0.15) is 50.2 Å². The highest BCUT2D eigenvalue weighted by atomic mass is 16.1. The van der Waals surface area contributed by atoms with Gasteiger partial charge in [-0.05, 0) is 56.2 Å². The van der Waals surface area contributed by atoms with Gasteiger partial charge in [0.1, 0.15) is 0 Å². The zero-order chi connectivity index (χ0) is 20.3. The smallest absolute Gasteiger partial charge is 0.250 e. The molecule has 29 heavy (non-hydrogen) atoms. The van der Waals surface area contributed by atoms with E-state index in [1.165, 1.54) is 25.7 Å². The first-order valence-electron chi connectivity index (χ1n) is 10.7. The monoisotopic (exact) mass is 392 g/mol. The first-order valence-corrected chi connectivity index (χ1v) is 10.7. The van der Waals surface area contributed by atoms with Gasteiger partial charge in [0, 0.05) is 25.4 Å². The molecule has 3 rings (SSSR count). The third-order valence-corrected chi connectivity index (χ3v) is 5.16. The number of guanidine groups is 1. The largest absolute Gasteiger partial charge is 0.357 e. The number of nitrogens with one attached hydrogen (secondary N) is 2. The van der Waals surface area contributed by atoms with E-state index < -0.39 is 0 Å². The van der Waals surface area contributed by atoms with Gasteiger partial charge in [0.05, 0.1) is 13.1 Å². The summed E-state index contributed by atoms with van der Waals surface area (Å²) in [4.78, 5) is 16.6. The highest BCUT2D eigenvalue weighted by molar-refractivity contribution is 5.79. The fourth-order valence-corrected chi connectivity index (χ4v) is 3.52. The first kappa shape index (κ1) is 20.9. The maximum atomic E-state index is 11.8. The van der Waals surface area contributed by atoms with Gasteiger partial charge in [-0.3, -0.25) is 4.79 Å². The lowest BCUT2D eigenvalue weighted by molar-refractivity contribution is 0.665. The number of hydrogen-bond donors (Lipinski definition) is 2. The maximum absolute atomic E-state index is 11.8. The number of aliphatic imine (C=N–C) groups is 1. The fourth-order valence-electron chi connectivity index (χ4n) is 3.52. The van der Waals surface area contributed by atoms with E-state index >= 15 is 0 Å². The minimum Gasteiger partial charge on any atom is -0.357 e. The Morgan fingerprint density at radius 1 is 1.07 bits per heavy atom. The molecule has 0 saturated heterocycles. The molecule has 0 amide bonds. The molecule has 0 atom stereocenters. The van der Waals surface area contributed by atoms with Crippen LogP contribution in [0.15, 0.2) is 70.1 Å². The quantitative estimate of drug-likeness (QED) is 0.408. The number of pyridine rings is 1. The van der Waals surface area contributed by atoms with Crippen LogP contribution in [0.5, 0.6) is 0 Å². The van der Waals surface area contributed by atoms with Gasteiger partial charge in [0.2, 0.25) is 0 Å². The van der Waals surface area contributed by atoms with Crippen molar-refractivity contribution < 1.29 is 0 Å². The number of rotatable bonds is 8. The summed E-state index contributed by atoms with van der Waals surface area (Å²) in [5.74, 6) is 0.865. The standard InChI is InChI=1S/C24H32N4O/c1-2-25-24(26-16-15-20-8-4-3-5-9-20)27-18-21-11-13-22(14-12-21)19-28-17-7-6-10-23(28)29/h6-8,10-14,17H,2-5,9,15-16,18-19H2,1H3,(H2,25,26,27). The first-order chi connectivity index (χ1) is 14.2. The Balaban J connectivity index is 1.52. The van der Waals surface area contributed by atoms with E-state index in [4.69, 9.17) is 4.99 Å². The lowest BCUT2D eigenvalue weighted by Gasteiger charge is -2.15. The highest BCUT2D eigenvalue weighted by Gasteiger charge is 2.04. The zero-order valence-electron chi connectivity index (χ0n) is 17.4. The van der Waals surface area contributed by atoms with E-state index in [9.17, 15) is 4.79 Å². The summed E-state index contributed by atoms with van der Waals surface area (Å²) in [6.07, 6.45) is 10.5. The Labute approximate surface area is 173 Å². The third kappa shape index (κ3) is 6.93. The summed E-state index contributed by atoms with van der Waals surface area (Å²) in [7, 11) is 0. The van der Waals surface area contributed by atoms with Crippen molar-refractivity contribution in [3.63, 3.8) is 0 Å². The van der Waals surface area contributed by atoms with Crippen LogP contribution < -0.4 is 16.2 Å². The fraction of sp³-hybridized carbons (Fsp3) is 0.417. The highest BCUT2D eigenvalue weighted by Crippen LogP contribution is 2.19. The normalized spacial score (nSPS) is 14.4. The van der Waals surface area contributed by atoms with E-state index in [0.717, 1.165) is 36.6 Å². The number of allylic oxidation sites excluding steroid dienone is 1. The van der Waals surface area contributed by atoms with Crippen molar-refractivity contribution in [2.24, 2.45) is 4.99 Å². The van der Waals surface area contributed by atoms with Gasteiger partial charge in [-0.1, -0.05) is 42.0 Å². The molecule has 154 valence electrons. The van der Waals surface area contributed by atoms with Crippen molar-refractivity contribution in [3.8, 4) is 0 Å². The second-order valence-corrected chi connectivity index (χ2v) is 7.46. The Bertz CT molecular complexity index is 880. The summed E-state index contributed by atoms with van der Waals surface area (Å²) in [5.41, 5.74) is 3.86. The van der Waals surface area contributed by atoms with Crippen molar-refractivity contribution in [1.82, 2.24) is 15.2 Å². The summed E-state index contributed by atoms with van der Waals surface area (Å²) in [6.45, 7) is 5.07. The van der Waals surface area contributed by atoms with Gasteiger partial charge in [0.25, 0.3) is 5.56 Å². The van der Waals surface area contributed by atoms with Crippen LogP contribution in [0.25, 0.3) is 0 Å². The molecule has 0 bridgehead atoms. The van der Waals surface area contributed by atoms with E-state index in [0.29, 0.717) is 13.1 Å². The maximum Gasteiger partial charge on any atom is 0.250 e. The van der Waals surface area contributed by atoms with Gasteiger partial charge >= 0.3 is 0 Å². The Kier molecular flexibility index (Phi) is 8.11. The van der Waals surface area contributed by atoms with Crippen molar-refractivity contribution in [2.75, 3.05) is 13.1 Å². The molecule has 0 saturated carbocycles. The predicted molar refractivity (Wildman–Crippen MR) is 120 cm³/mol. The van der Waals surface area contributed by atoms with Crippen LogP contribution in [0.3, 0.4) is 0 Å². The van der Waals surface area contributed by atoms with Crippen LogP contribution in [-0.2, 0) is 13.1 Å². The SMILES string of the molecule is CCNC(=NCc1ccc(Cn2ccccc2=O)cc1)NCCC1=CCCCC1. The van der Waals surface area contributed by atoms with Crippen molar-refractivity contribution in [1.29, 1.82) is 0 Å². The molecule has 2 aromatic rings. The molecule has 5 heteroatoms. The van der Waals surface area contributed by atoms with E-state index in [1.807, 2.05) is 12.3 Å². The molecular weight excluding hydrogens is 360 g/mol. The lowest BCUT2D eigenvalue weighted by Crippen LogP contribution is -2.37. The molecular formula is C24H32N4O. The molecule has 1 aromatic heterocycles. The van der Waals surface area contributed by atoms with E-state index in [2.05, 4.69) is 47.9 Å². The van der Waals surface area contributed by atoms with Gasteiger partial charge in [-0.25, -0.2) is 4.99 Å². The van der Waals surface area contributed by atoms with E-state index in [-0.39, 0.29) is 5.56 Å². The summed E-state index contributed by atoms with van der Waals surface area (Å²) < 4.78 is 1.71. The molecule has 0 radical (unpaired) electrons. The third-order valence-electron chi connectivity index (χ3n) is 5.16. The van der Waals surface area contributed by atoms with Gasteiger partial charge < -0.3 is 15.2 Å². The van der Waals surface area contributed by atoms with E-state index in [1.54, 1.807) is 22.3 Å². The van der Waals surface area contributed by atoms with Crippen LogP contribution in [-0.4, -0.2) is 23.6 Å². The summed E-state index contributed by atoms with van der Waals surface area (Å²) >= 11 is 0. The predicted octanol–water partition coefficient (Wildman–Crippen LogP) is 3.84. The Morgan fingerprint density at radius 3 is 2.62 bits per heavy atom. The Hall–Kier alpha value is -2.82. The molecule has 1 heterocycles. The molecule has 1 aliphatic rings. The Morgan fingerprint density at radius 2 is 1.90 bits per heavy atom. The number of nitrogens with zero attached hydrogens (tertiary/aromatic N) is 2. The van der Waals surface area contributed by atoms with Crippen LogP contribution in [0.2, 0.25) is 0 Å². The molecule has 0 unspecified atom stereocenters. The molecule has 1 aromatic carbocycles. The second kappa shape index (κ2) is 11.2. The second-order valence-electron chi connectivity index (χ2n) is 7.46. The van der Waals surface area contributed by atoms with Gasteiger partial charge in [-0.15, -0.1) is 0 Å². The molecule has 0 spiro atoms. The van der Waals surface area contributed by atoms with Crippen molar-refractivity contribution >= 4 is 5.96 Å². The molecule has 0 fully saturated rings. The number of aromatic nitrogens is 1. The minimum absolute atomic E-state index is 0.0199. The molecule has 2 N–H and O–H groups in total. The van der Waals surface area contributed by atoms with Crippen LogP contribution in [0.4, 0.5) is 0 Å². The average Bonchev–Trinajstić information content (AvgIpc) is 2.75. The molecule has 0 aliphatic heterocycles. The summed E-state index contributed by atoms with van der Waals surface area (Å²) in [5, 5.41) is 6.77.